The molecular formula is C11H18N2O. The number of nitrogens with zero attached hydrogens (tertiary/aromatic N) is 1. The monoisotopic (exact) mass is 194 g/mol. The van der Waals surface area contributed by atoms with Crippen molar-refractivity contribution in [3.05, 3.63) is 29.8 Å². The highest BCUT2D eigenvalue weighted by atomic mass is 16.6. The van der Waals surface area contributed by atoms with Crippen LogP contribution in [0.2, 0.25) is 0 Å². The molecule has 14 heavy (non-hydrogen) atoms. The first kappa shape index (κ1) is 11.0. The molecule has 1 aromatic carbocycles. The van der Waals surface area contributed by atoms with Gasteiger partial charge in [-0.25, -0.2) is 5.90 Å². The Morgan fingerprint density at radius 2 is 1.86 bits per heavy atom. The third-order valence-corrected chi connectivity index (χ3v) is 2.32. The Kier molecular flexibility index (Phi) is 3.92. The van der Waals surface area contributed by atoms with Gasteiger partial charge >= 0.3 is 0 Å². The van der Waals surface area contributed by atoms with Crippen molar-refractivity contribution >= 4 is 5.69 Å². The maximum absolute atomic E-state index is 5.04. The zero-order valence-electron chi connectivity index (χ0n) is 9.03. The smallest absolute Gasteiger partial charge is 0.0745 e. The van der Waals surface area contributed by atoms with Crippen molar-refractivity contribution in [1.29, 1.82) is 0 Å². The summed E-state index contributed by atoms with van der Waals surface area (Å²) in [6, 6.07) is 8.42. The Balaban J connectivity index is 2.72. The summed E-state index contributed by atoms with van der Waals surface area (Å²) in [6.45, 7) is 2.65. The average Bonchev–Trinajstić information content (AvgIpc) is 2.18. The molecule has 0 aromatic heterocycles. The molecule has 78 valence electrons. The van der Waals surface area contributed by atoms with Crippen LogP contribution >= 0.6 is 0 Å². The lowest BCUT2D eigenvalue weighted by atomic mass is 10.0. The van der Waals surface area contributed by atoms with Gasteiger partial charge in [0.1, 0.15) is 0 Å². The molecule has 0 fully saturated rings. The summed E-state index contributed by atoms with van der Waals surface area (Å²) in [5.74, 6) is 5.38. The molecule has 3 heteroatoms. The van der Waals surface area contributed by atoms with Crippen LogP contribution < -0.4 is 10.8 Å². The Bertz CT molecular complexity index is 269. The molecule has 0 amide bonds. The van der Waals surface area contributed by atoms with Gasteiger partial charge in [-0.1, -0.05) is 19.1 Å². The van der Waals surface area contributed by atoms with E-state index in [0.29, 0.717) is 12.5 Å². The summed E-state index contributed by atoms with van der Waals surface area (Å²) in [5.41, 5.74) is 2.45. The summed E-state index contributed by atoms with van der Waals surface area (Å²) in [7, 11) is 4.06. The van der Waals surface area contributed by atoms with Gasteiger partial charge in [0, 0.05) is 25.7 Å². The minimum absolute atomic E-state index is 0.344. The molecule has 0 spiro atoms. The van der Waals surface area contributed by atoms with Crippen LogP contribution in [-0.4, -0.2) is 20.7 Å². The fraction of sp³-hybridized carbons (Fsp3) is 0.455. The van der Waals surface area contributed by atoms with Gasteiger partial charge in [0.15, 0.2) is 0 Å². The van der Waals surface area contributed by atoms with Gasteiger partial charge in [0.25, 0.3) is 0 Å². The average molecular weight is 194 g/mol. The van der Waals surface area contributed by atoms with E-state index < -0.39 is 0 Å². The Hall–Kier alpha value is -1.06. The molecule has 1 aromatic rings. The van der Waals surface area contributed by atoms with Gasteiger partial charge in [-0.15, -0.1) is 0 Å². The summed E-state index contributed by atoms with van der Waals surface area (Å²) < 4.78 is 0. The van der Waals surface area contributed by atoms with Gasteiger partial charge in [-0.2, -0.15) is 0 Å². The predicted octanol–water partition coefficient (Wildman–Crippen LogP) is 1.75. The van der Waals surface area contributed by atoms with Crippen molar-refractivity contribution in [2.24, 2.45) is 5.90 Å². The van der Waals surface area contributed by atoms with Gasteiger partial charge in [-0.3, -0.25) is 0 Å². The number of anilines is 1. The maximum Gasteiger partial charge on any atom is 0.0745 e. The molecule has 0 bridgehead atoms. The van der Waals surface area contributed by atoms with Crippen molar-refractivity contribution in [1.82, 2.24) is 0 Å². The number of benzene rings is 1. The fourth-order valence-corrected chi connectivity index (χ4v) is 1.34. The molecule has 1 rings (SSSR count). The second-order valence-corrected chi connectivity index (χ2v) is 3.72. The minimum Gasteiger partial charge on any atom is -0.378 e. The highest BCUT2D eigenvalue weighted by Crippen LogP contribution is 2.18. The van der Waals surface area contributed by atoms with Gasteiger partial charge < -0.3 is 9.74 Å². The van der Waals surface area contributed by atoms with E-state index in [1.54, 1.807) is 0 Å². The van der Waals surface area contributed by atoms with Crippen molar-refractivity contribution in [2.75, 3.05) is 25.6 Å². The number of hydrogen-bond acceptors (Lipinski definition) is 3. The van der Waals surface area contributed by atoms with E-state index in [9.17, 15) is 0 Å². The van der Waals surface area contributed by atoms with E-state index in [1.165, 1.54) is 11.3 Å². The zero-order valence-corrected chi connectivity index (χ0v) is 9.03. The lowest BCUT2D eigenvalue weighted by Crippen LogP contribution is -2.10. The lowest BCUT2D eigenvalue weighted by molar-refractivity contribution is 0.126. The predicted molar refractivity (Wildman–Crippen MR) is 59.3 cm³/mol. The largest absolute Gasteiger partial charge is 0.378 e. The van der Waals surface area contributed by atoms with Crippen molar-refractivity contribution in [2.45, 2.75) is 12.8 Å². The van der Waals surface area contributed by atoms with E-state index in [-0.39, 0.29) is 0 Å². The zero-order chi connectivity index (χ0) is 10.6. The minimum atomic E-state index is 0.344. The first-order valence-electron chi connectivity index (χ1n) is 4.74. The molecule has 0 saturated heterocycles. The number of rotatable bonds is 4. The fourth-order valence-electron chi connectivity index (χ4n) is 1.34. The standard InChI is InChI=1S/C11H18N2O/c1-9(8-14-12)10-4-6-11(7-5-10)13(2)3/h4-7,9H,8,12H2,1-3H3. The molecule has 0 heterocycles. The quantitative estimate of drug-likeness (QED) is 0.742. The Morgan fingerprint density at radius 3 is 2.29 bits per heavy atom. The SMILES string of the molecule is CC(CON)c1ccc(N(C)C)cc1. The first-order chi connectivity index (χ1) is 6.65. The summed E-state index contributed by atoms with van der Waals surface area (Å²) in [6.07, 6.45) is 0. The lowest BCUT2D eigenvalue weighted by Gasteiger charge is -2.15. The van der Waals surface area contributed by atoms with E-state index in [1.807, 2.05) is 14.1 Å². The number of hydrogen-bond donors (Lipinski definition) is 1. The normalized spacial score (nSPS) is 12.6. The van der Waals surface area contributed by atoms with Crippen LogP contribution in [0.5, 0.6) is 0 Å². The van der Waals surface area contributed by atoms with Gasteiger partial charge in [-0.05, 0) is 17.7 Å². The van der Waals surface area contributed by atoms with Crippen LogP contribution in [0.4, 0.5) is 5.69 Å². The molecule has 0 aliphatic heterocycles. The van der Waals surface area contributed by atoms with E-state index in [4.69, 9.17) is 5.90 Å². The summed E-state index contributed by atoms with van der Waals surface area (Å²) in [5, 5.41) is 0. The molecule has 1 atom stereocenters. The van der Waals surface area contributed by atoms with Crippen molar-refractivity contribution < 1.29 is 4.84 Å². The van der Waals surface area contributed by atoms with E-state index in [0.717, 1.165) is 0 Å². The van der Waals surface area contributed by atoms with Crippen molar-refractivity contribution in [3.63, 3.8) is 0 Å². The molecule has 0 aliphatic carbocycles. The molecule has 0 radical (unpaired) electrons. The summed E-state index contributed by atoms with van der Waals surface area (Å²) >= 11 is 0. The number of nitrogens with two attached hydrogens (primary N) is 1. The van der Waals surface area contributed by atoms with E-state index in [2.05, 4.69) is 40.9 Å². The van der Waals surface area contributed by atoms with Gasteiger partial charge in [0.05, 0.1) is 6.61 Å². The summed E-state index contributed by atoms with van der Waals surface area (Å²) in [4.78, 5) is 6.70. The van der Waals surface area contributed by atoms with Crippen LogP contribution in [0.15, 0.2) is 24.3 Å². The molecule has 0 aliphatic rings. The highest BCUT2D eigenvalue weighted by Gasteiger charge is 2.05. The van der Waals surface area contributed by atoms with Crippen LogP contribution in [0.3, 0.4) is 0 Å². The Morgan fingerprint density at radius 1 is 1.29 bits per heavy atom. The van der Waals surface area contributed by atoms with Crippen LogP contribution in [-0.2, 0) is 4.84 Å². The third-order valence-electron chi connectivity index (χ3n) is 2.32. The topological polar surface area (TPSA) is 38.5 Å². The molecule has 1 unspecified atom stereocenters. The molecule has 3 nitrogen and oxygen atoms in total. The van der Waals surface area contributed by atoms with Crippen LogP contribution in [0, 0.1) is 0 Å². The van der Waals surface area contributed by atoms with Crippen molar-refractivity contribution in [3.8, 4) is 0 Å². The molecule has 0 saturated carbocycles. The maximum atomic E-state index is 5.04. The second kappa shape index (κ2) is 4.98. The van der Waals surface area contributed by atoms with Crippen LogP contribution in [0.25, 0.3) is 0 Å². The van der Waals surface area contributed by atoms with Gasteiger partial charge in [0.2, 0.25) is 0 Å². The Labute approximate surface area is 85.4 Å². The molecular weight excluding hydrogens is 176 g/mol. The third kappa shape index (κ3) is 2.72. The first-order valence-corrected chi connectivity index (χ1v) is 4.74. The van der Waals surface area contributed by atoms with E-state index >= 15 is 0 Å². The molecule has 2 N–H and O–H groups in total. The van der Waals surface area contributed by atoms with Crippen LogP contribution in [0.1, 0.15) is 18.4 Å². The highest BCUT2D eigenvalue weighted by molar-refractivity contribution is 5.46. The second-order valence-electron chi connectivity index (χ2n) is 3.72.